The Balaban J connectivity index is 1.53. The van der Waals surface area contributed by atoms with Gasteiger partial charge in [0.15, 0.2) is 11.5 Å². The lowest BCUT2D eigenvalue weighted by molar-refractivity contribution is 0.101. The first-order valence-electron chi connectivity index (χ1n) is 8.04. The van der Waals surface area contributed by atoms with Crippen molar-refractivity contribution in [2.75, 3.05) is 18.5 Å². The van der Waals surface area contributed by atoms with Gasteiger partial charge in [-0.05, 0) is 30.3 Å². The van der Waals surface area contributed by atoms with Crippen LogP contribution in [-0.4, -0.2) is 29.1 Å². The van der Waals surface area contributed by atoms with E-state index in [4.69, 9.17) is 14.2 Å². The van der Waals surface area contributed by atoms with E-state index in [9.17, 15) is 4.79 Å². The molecule has 1 aliphatic rings. The fourth-order valence-corrected chi connectivity index (χ4v) is 2.53. The molecule has 1 amide bonds. The molecule has 0 atom stereocenters. The predicted molar refractivity (Wildman–Crippen MR) is 93.9 cm³/mol. The van der Waals surface area contributed by atoms with Gasteiger partial charge in [-0.15, -0.1) is 0 Å². The van der Waals surface area contributed by atoms with Crippen LogP contribution in [0.3, 0.4) is 0 Å². The number of hydrogen-bond acceptors (Lipinski definition) is 6. The first-order chi connectivity index (χ1) is 12.8. The van der Waals surface area contributed by atoms with Gasteiger partial charge in [0.25, 0.3) is 5.91 Å². The minimum atomic E-state index is -0.291. The zero-order chi connectivity index (χ0) is 17.8. The Bertz CT molecular complexity index is 931. The fraction of sp³-hybridized carbons (Fsp3) is 0.105. The van der Waals surface area contributed by atoms with E-state index in [1.54, 1.807) is 60.9 Å². The largest absolute Gasteiger partial charge is 0.486 e. The first kappa shape index (κ1) is 15.9. The number of fused-ring (bicyclic) bond motifs is 1. The molecule has 130 valence electrons. The number of nitrogens with zero attached hydrogens (tertiary/aromatic N) is 2. The maximum Gasteiger partial charge on any atom is 0.321 e. The Morgan fingerprint density at radius 2 is 1.81 bits per heavy atom. The van der Waals surface area contributed by atoms with Crippen molar-refractivity contribution in [2.24, 2.45) is 0 Å². The van der Waals surface area contributed by atoms with E-state index in [0.29, 0.717) is 41.7 Å². The molecule has 0 spiro atoms. The third-order valence-electron chi connectivity index (χ3n) is 3.65. The van der Waals surface area contributed by atoms with Crippen LogP contribution >= 0.6 is 0 Å². The van der Waals surface area contributed by atoms with Crippen LogP contribution in [0.4, 0.5) is 5.69 Å². The van der Waals surface area contributed by atoms with Gasteiger partial charge in [0, 0.05) is 24.1 Å². The molecule has 0 unspecified atom stereocenters. The molecular formula is C19H15N3O4. The molecule has 7 nitrogen and oxygen atoms in total. The lowest BCUT2D eigenvalue weighted by atomic mass is 10.1. The maximum absolute atomic E-state index is 12.6. The van der Waals surface area contributed by atoms with Crippen LogP contribution < -0.4 is 19.5 Å². The Labute approximate surface area is 149 Å². The number of hydrogen-bond donors (Lipinski definition) is 1. The summed E-state index contributed by atoms with van der Waals surface area (Å²) in [5.74, 6) is 1.26. The number of carbonyl (C=O) groups excluding carboxylic acids is 1. The molecule has 2 heterocycles. The Morgan fingerprint density at radius 1 is 1.00 bits per heavy atom. The van der Waals surface area contributed by atoms with Crippen molar-refractivity contribution in [2.45, 2.75) is 0 Å². The molecule has 3 aromatic rings. The Kier molecular flexibility index (Phi) is 4.34. The van der Waals surface area contributed by atoms with Crippen molar-refractivity contribution in [3.8, 4) is 23.3 Å². The van der Waals surface area contributed by atoms with Gasteiger partial charge >= 0.3 is 6.01 Å². The number of para-hydroxylation sites is 1. The number of nitrogens with one attached hydrogen (secondary N) is 1. The summed E-state index contributed by atoms with van der Waals surface area (Å²) in [4.78, 5) is 20.7. The van der Waals surface area contributed by atoms with Gasteiger partial charge in [0.05, 0.1) is 5.56 Å². The highest BCUT2D eigenvalue weighted by Crippen LogP contribution is 2.34. The van der Waals surface area contributed by atoms with Gasteiger partial charge in [0.2, 0.25) is 0 Å². The molecule has 4 rings (SSSR count). The topological polar surface area (TPSA) is 82.6 Å². The molecule has 7 heteroatoms. The standard InChI is InChI=1S/C19H15N3O4/c23-18(15-6-2-7-16-17(15)25-11-10-24-16)22-13-4-1-5-14(12-13)26-19-20-8-3-9-21-19/h1-9,12H,10-11H2,(H,22,23). The number of aromatic nitrogens is 2. The summed E-state index contributed by atoms with van der Waals surface area (Å²) >= 11 is 0. The normalized spacial score (nSPS) is 12.3. The lowest BCUT2D eigenvalue weighted by Gasteiger charge is -2.20. The van der Waals surface area contributed by atoms with Gasteiger partial charge in [-0.1, -0.05) is 12.1 Å². The molecule has 0 bridgehead atoms. The molecule has 1 aliphatic heterocycles. The number of carbonyl (C=O) groups is 1. The van der Waals surface area contributed by atoms with E-state index in [0.717, 1.165) is 0 Å². The molecule has 1 N–H and O–H groups in total. The highest BCUT2D eigenvalue weighted by Gasteiger charge is 2.20. The van der Waals surface area contributed by atoms with E-state index >= 15 is 0 Å². The fourth-order valence-electron chi connectivity index (χ4n) is 2.53. The average Bonchev–Trinajstić information content (AvgIpc) is 2.68. The minimum absolute atomic E-state index is 0.235. The highest BCUT2D eigenvalue weighted by molar-refractivity contribution is 6.06. The molecule has 0 aliphatic carbocycles. The second-order valence-corrected chi connectivity index (χ2v) is 5.45. The SMILES string of the molecule is O=C(Nc1cccc(Oc2ncccn2)c1)c1cccc2c1OCCO2. The summed E-state index contributed by atoms with van der Waals surface area (Å²) < 4.78 is 16.7. The summed E-state index contributed by atoms with van der Waals surface area (Å²) in [6, 6.07) is 14.2. The van der Waals surface area contributed by atoms with Crippen LogP contribution in [0.5, 0.6) is 23.3 Å². The molecule has 26 heavy (non-hydrogen) atoms. The smallest absolute Gasteiger partial charge is 0.321 e. The number of ether oxygens (including phenoxy) is 3. The highest BCUT2D eigenvalue weighted by atomic mass is 16.6. The molecule has 0 fully saturated rings. The van der Waals surface area contributed by atoms with Gasteiger partial charge in [-0.2, -0.15) is 0 Å². The zero-order valence-electron chi connectivity index (χ0n) is 13.7. The number of rotatable bonds is 4. The van der Waals surface area contributed by atoms with E-state index in [-0.39, 0.29) is 11.9 Å². The van der Waals surface area contributed by atoms with Gasteiger partial charge in [-0.3, -0.25) is 4.79 Å². The van der Waals surface area contributed by atoms with Crippen molar-refractivity contribution in [1.82, 2.24) is 9.97 Å². The van der Waals surface area contributed by atoms with Crippen LogP contribution in [0.15, 0.2) is 60.9 Å². The monoisotopic (exact) mass is 349 g/mol. The Morgan fingerprint density at radius 3 is 2.69 bits per heavy atom. The van der Waals surface area contributed by atoms with Crippen molar-refractivity contribution in [3.63, 3.8) is 0 Å². The van der Waals surface area contributed by atoms with Crippen molar-refractivity contribution >= 4 is 11.6 Å². The number of benzene rings is 2. The van der Waals surface area contributed by atoms with E-state index < -0.39 is 0 Å². The van der Waals surface area contributed by atoms with Gasteiger partial charge in [0.1, 0.15) is 19.0 Å². The molecule has 1 aromatic heterocycles. The number of anilines is 1. The second kappa shape index (κ2) is 7.10. The van der Waals surface area contributed by atoms with Crippen LogP contribution in [0, 0.1) is 0 Å². The van der Waals surface area contributed by atoms with Crippen LogP contribution in [0.2, 0.25) is 0 Å². The quantitative estimate of drug-likeness (QED) is 0.778. The molecular weight excluding hydrogens is 334 g/mol. The molecule has 0 saturated heterocycles. The Hall–Kier alpha value is -3.61. The predicted octanol–water partition coefficient (Wildman–Crippen LogP) is 3.29. The van der Waals surface area contributed by atoms with Crippen LogP contribution in [-0.2, 0) is 0 Å². The van der Waals surface area contributed by atoms with Crippen LogP contribution in [0.25, 0.3) is 0 Å². The van der Waals surface area contributed by atoms with Gasteiger partial charge < -0.3 is 19.5 Å². The lowest BCUT2D eigenvalue weighted by Crippen LogP contribution is -2.20. The van der Waals surface area contributed by atoms with Crippen molar-refractivity contribution in [1.29, 1.82) is 0 Å². The summed E-state index contributed by atoms with van der Waals surface area (Å²) in [7, 11) is 0. The summed E-state index contributed by atoms with van der Waals surface area (Å²) in [5, 5.41) is 2.84. The van der Waals surface area contributed by atoms with E-state index in [2.05, 4.69) is 15.3 Å². The summed E-state index contributed by atoms with van der Waals surface area (Å²) in [5.41, 5.74) is 0.998. The number of amides is 1. The zero-order valence-corrected chi connectivity index (χ0v) is 13.7. The van der Waals surface area contributed by atoms with Crippen LogP contribution in [0.1, 0.15) is 10.4 Å². The van der Waals surface area contributed by atoms with Crippen molar-refractivity contribution < 1.29 is 19.0 Å². The maximum atomic E-state index is 12.6. The van der Waals surface area contributed by atoms with E-state index in [1.807, 2.05) is 0 Å². The minimum Gasteiger partial charge on any atom is -0.486 e. The first-order valence-corrected chi connectivity index (χ1v) is 8.04. The molecule has 2 aromatic carbocycles. The molecule has 0 saturated carbocycles. The molecule has 0 radical (unpaired) electrons. The third kappa shape index (κ3) is 3.41. The second-order valence-electron chi connectivity index (χ2n) is 5.45. The van der Waals surface area contributed by atoms with Crippen molar-refractivity contribution in [3.05, 3.63) is 66.5 Å². The summed E-state index contributed by atoms with van der Waals surface area (Å²) in [6.45, 7) is 0.886. The third-order valence-corrected chi connectivity index (χ3v) is 3.65. The average molecular weight is 349 g/mol. The summed E-state index contributed by atoms with van der Waals surface area (Å²) in [6.07, 6.45) is 3.18. The van der Waals surface area contributed by atoms with E-state index in [1.165, 1.54) is 0 Å². The van der Waals surface area contributed by atoms with Gasteiger partial charge in [-0.25, -0.2) is 9.97 Å².